The highest BCUT2D eigenvalue weighted by Gasteiger charge is 2.27. The third-order valence-electron chi connectivity index (χ3n) is 3.36. The molecule has 0 atom stereocenters. The number of carbonyl (C=O) groups is 1. The van der Waals surface area contributed by atoms with Crippen molar-refractivity contribution in [2.45, 2.75) is 44.8 Å². The summed E-state index contributed by atoms with van der Waals surface area (Å²) >= 11 is 6.00. The Morgan fingerprint density at radius 2 is 1.92 bits per heavy atom. The van der Waals surface area contributed by atoms with Crippen molar-refractivity contribution in [2.75, 3.05) is 19.0 Å². The van der Waals surface area contributed by atoms with Gasteiger partial charge in [0.25, 0.3) is 0 Å². The Labute approximate surface area is 149 Å². The molecule has 0 spiro atoms. The van der Waals surface area contributed by atoms with E-state index in [0.717, 1.165) is 0 Å². The molecule has 0 aromatic heterocycles. The van der Waals surface area contributed by atoms with Gasteiger partial charge in [-0.1, -0.05) is 11.6 Å². The number of unbranched alkanes of at least 4 members (excludes halogenated alkanes) is 1. The Morgan fingerprint density at radius 1 is 1.25 bits per heavy atom. The van der Waals surface area contributed by atoms with Crippen LogP contribution >= 0.6 is 11.6 Å². The summed E-state index contributed by atoms with van der Waals surface area (Å²) < 4.78 is 30.5. The van der Waals surface area contributed by atoms with E-state index in [1.54, 1.807) is 39.0 Å². The van der Waals surface area contributed by atoms with E-state index in [9.17, 15) is 13.2 Å². The van der Waals surface area contributed by atoms with Crippen molar-refractivity contribution in [3.8, 4) is 5.75 Å². The van der Waals surface area contributed by atoms with Gasteiger partial charge in [0, 0.05) is 18.7 Å². The topological polar surface area (TPSA) is 84.5 Å². The van der Waals surface area contributed by atoms with Crippen LogP contribution in [0.25, 0.3) is 0 Å². The van der Waals surface area contributed by atoms with Crippen LogP contribution in [-0.4, -0.2) is 32.7 Å². The molecule has 1 aromatic rings. The molecule has 0 aliphatic heterocycles. The van der Waals surface area contributed by atoms with Crippen molar-refractivity contribution in [3.63, 3.8) is 0 Å². The lowest BCUT2D eigenvalue weighted by Crippen LogP contribution is -2.39. The molecule has 0 aliphatic carbocycles. The summed E-state index contributed by atoms with van der Waals surface area (Å²) in [7, 11) is -1.81. The fraction of sp³-hybridized carbons (Fsp3) is 0.562. The van der Waals surface area contributed by atoms with Crippen LogP contribution in [0.3, 0.4) is 0 Å². The molecule has 0 bridgehead atoms. The second kappa shape index (κ2) is 8.69. The SMILES string of the molecule is COc1ccc(NC(=O)CCCCNS(=O)(=O)C(C)(C)C)cc1Cl. The predicted molar refractivity (Wildman–Crippen MR) is 97.2 cm³/mol. The van der Waals surface area contributed by atoms with Crippen molar-refractivity contribution in [1.29, 1.82) is 0 Å². The average Bonchev–Trinajstić information content (AvgIpc) is 2.45. The average molecular weight is 377 g/mol. The number of carbonyl (C=O) groups excluding carboxylic acids is 1. The van der Waals surface area contributed by atoms with E-state index < -0.39 is 14.8 Å². The zero-order valence-corrected chi connectivity index (χ0v) is 16.1. The number of amides is 1. The second-order valence-electron chi connectivity index (χ2n) is 6.36. The molecule has 1 rings (SSSR count). The van der Waals surface area contributed by atoms with Crippen LogP contribution in [0, 0.1) is 0 Å². The zero-order chi connectivity index (χ0) is 18.4. The maximum atomic E-state index is 11.9. The lowest BCUT2D eigenvalue weighted by molar-refractivity contribution is -0.116. The minimum atomic E-state index is -3.34. The first-order valence-electron chi connectivity index (χ1n) is 7.69. The summed E-state index contributed by atoms with van der Waals surface area (Å²) in [4.78, 5) is 11.9. The number of halogens is 1. The first kappa shape index (κ1) is 20.7. The zero-order valence-electron chi connectivity index (χ0n) is 14.5. The number of rotatable bonds is 8. The standard InChI is InChI=1S/C16H25ClN2O4S/c1-16(2,3)24(21,22)18-10-6-5-7-15(20)19-12-8-9-14(23-4)13(17)11-12/h8-9,11,18H,5-7,10H2,1-4H3,(H,19,20). The number of hydrogen-bond donors (Lipinski definition) is 2. The van der Waals surface area contributed by atoms with Gasteiger partial charge in [0.15, 0.2) is 0 Å². The van der Waals surface area contributed by atoms with Gasteiger partial charge in [-0.3, -0.25) is 4.79 Å². The van der Waals surface area contributed by atoms with Crippen molar-refractivity contribution in [3.05, 3.63) is 23.2 Å². The molecule has 0 saturated heterocycles. The van der Waals surface area contributed by atoms with E-state index in [1.165, 1.54) is 7.11 Å². The Hall–Kier alpha value is -1.31. The van der Waals surface area contributed by atoms with E-state index in [0.29, 0.717) is 42.3 Å². The molecule has 136 valence electrons. The highest BCUT2D eigenvalue weighted by atomic mass is 35.5. The molecule has 0 saturated carbocycles. The van der Waals surface area contributed by atoms with Gasteiger partial charge in [0.2, 0.25) is 15.9 Å². The van der Waals surface area contributed by atoms with Gasteiger partial charge < -0.3 is 10.1 Å². The lowest BCUT2D eigenvalue weighted by atomic mass is 10.2. The third kappa shape index (κ3) is 6.30. The molecule has 0 radical (unpaired) electrons. The van der Waals surface area contributed by atoms with Crippen LogP contribution in [0.15, 0.2) is 18.2 Å². The summed E-state index contributed by atoms with van der Waals surface area (Å²) in [5.74, 6) is 0.399. The summed E-state index contributed by atoms with van der Waals surface area (Å²) in [6.07, 6.45) is 1.48. The third-order valence-corrected chi connectivity index (χ3v) is 5.86. The molecule has 24 heavy (non-hydrogen) atoms. The largest absolute Gasteiger partial charge is 0.495 e. The highest BCUT2D eigenvalue weighted by molar-refractivity contribution is 7.90. The molecule has 0 heterocycles. The van der Waals surface area contributed by atoms with Crippen LogP contribution in [0.1, 0.15) is 40.0 Å². The van der Waals surface area contributed by atoms with Crippen LogP contribution in [0.5, 0.6) is 5.75 Å². The number of hydrogen-bond acceptors (Lipinski definition) is 4. The number of sulfonamides is 1. The normalized spacial score (nSPS) is 12.0. The van der Waals surface area contributed by atoms with Crippen LogP contribution in [0.4, 0.5) is 5.69 Å². The van der Waals surface area contributed by atoms with E-state index in [2.05, 4.69) is 10.0 Å². The van der Waals surface area contributed by atoms with Crippen LogP contribution in [0.2, 0.25) is 5.02 Å². The Balaban J connectivity index is 2.34. The first-order chi connectivity index (χ1) is 11.1. The summed E-state index contributed by atoms with van der Waals surface area (Å²) in [6, 6.07) is 5.01. The Kier molecular flexibility index (Phi) is 7.51. The summed E-state index contributed by atoms with van der Waals surface area (Å²) in [5, 5.41) is 3.17. The quantitative estimate of drug-likeness (QED) is 0.682. The van der Waals surface area contributed by atoms with E-state index in [-0.39, 0.29) is 5.91 Å². The highest BCUT2D eigenvalue weighted by Crippen LogP contribution is 2.27. The molecule has 0 fully saturated rings. The Bertz CT molecular complexity index is 669. The van der Waals surface area contributed by atoms with Gasteiger partial charge in [0.05, 0.1) is 16.9 Å². The van der Waals surface area contributed by atoms with Crippen molar-refractivity contribution >= 4 is 33.2 Å². The van der Waals surface area contributed by atoms with Crippen molar-refractivity contribution in [2.24, 2.45) is 0 Å². The maximum Gasteiger partial charge on any atom is 0.224 e. The van der Waals surface area contributed by atoms with E-state index in [4.69, 9.17) is 16.3 Å². The molecule has 2 N–H and O–H groups in total. The fourth-order valence-electron chi connectivity index (χ4n) is 1.80. The van der Waals surface area contributed by atoms with Crippen LogP contribution in [-0.2, 0) is 14.8 Å². The smallest absolute Gasteiger partial charge is 0.224 e. The number of anilines is 1. The first-order valence-corrected chi connectivity index (χ1v) is 9.55. The monoisotopic (exact) mass is 376 g/mol. The van der Waals surface area contributed by atoms with Gasteiger partial charge in [0.1, 0.15) is 5.75 Å². The minimum Gasteiger partial charge on any atom is -0.495 e. The van der Waals surface area contributed by atoms with Gasteiger partial charge in [-0.05, 0) is 51.8 Å². The molecule has 0 unspecified atom stereocenters. The molecule has 8 heteroatoms. The van der Waals surface area contributed by atoms with E-state index >= 15 is 0 Å². The Morgan fingerprint density at radius 3 is 2.46 bits per heavy atom. The van der Waals surface area contributed by atoms with Crippen molar-refractivity contribution in [1.82, 2.24) is 4.72 Å². The lowest BCUT2D eigenvalue weighted by Gasteiger charge is -2.19. The second-order valence-corrected chi connectivity index (χ2v) is 9.29. The minimum absolute atomic E-state index is 0.144. The van der Waals surface area contributed by atoms with Gasteiger partial charge in [-0.2, -0.15) is 0 Å². The summed E-state index contributed by atoms with van der Waals surface area (Å²) in [5.41, 5.74) is 0.597. The van der Waals surface area contributed by atoms with Gasteiger partial charge >= 0.3 is 0 Å². The number of ether oxygens (including phenoxy) is 1. The van der Waals surface area contributed by atoms with Crippen molar-refractivity contribution < 1.29 is 17.9 Å². The maximum absolute atomic E-state index is 11.9. The predicted octanol–water partition coefficient (Wildman–Crippen LogP) is 3.18. The number of methoxy groups -OCH3 is 1. The molecule has 1 amide bonds. The van der Waals surface area contributed by atoms with E-state index in [1.807, 2.05) is 0 Å². The fourth-order valence-corrected chi connectivity index (χ4v) is 2.90. The van der Waals surface area contributed by atoms with Crippen LogP contribution < -0.4 is 14.8 Å². The number of benzene rings is 1. The molecule has 6 nitrogen and oxygen atoms in total. The number of nitrogens with one attached hydrogen (secondary N) is 2. The molecular formula is C16H25ClN2O4S. The van der Waals surface area contributed by atoms with Gasteiger partial charge in [-0.25, -0.2) is 13.1 Å². The van der Waals surface area contributed by atoms with Gasteiger partial charge in [-0.15, -0.1) is 0 Å². The molecule has 0 aliphatic rings. The molecule has 1 aromatic carbocycles. The summed E-state index contributed by atoms with van der Waals surface area (Å²) in [6.45, 7) is 5.25. The molecular weight excluding hydrogens is 352 g/mol.